The van der Waals surface area contributed by atoms with Gasteiger partial charge in [-0.1, -0.05) is 11.8 Å². The van der Waals surface area contributed by atoms with Crippen molar-refractivity contribution in [2.24, 2.45) is 0 Å². The molecule has 126 valence electrons. The maximum atomic E-state index is 12.4. The number of tetrazole rings is 1. The highest BCUT2D eigenvalue weighted by Crippen LogP contribution is 2.29. The zero-order chi connectivity index (χ0) is 17.3. The van der Waals surface area contributed by atoms with Crippen LogP contribution in [-0.2, 0) is 10.3 Å². The number of hydrogen-bond donors (Lipinski definition) is 1. The van der Waals surface area contributed by atoms with Gasteiger partial charge in [-0.05, 0) is 49.4 Å². The van der Waals surface area contributed by atoms with Crippen LogP contribution in [-0.4, -0.2) is 44.3 Å². The van der Waals surface area contributed by atoms with E-state index in [1.54, 1.807) is 22.9 Å². The van der Waals surface area contributed by atoms with Gasteiger partial charge in [0.05, 0.1) is 17.0 Å². The van der Waals surface area contributed by atoms with Crippen molar-refractivity contribution in [1.29, 1.82) is 0 Å². The lowest BCUT2D eigenvalue weighted by molar-refractivity contribution is -0.118. The normalized spacial score (nSPS) is 13.9. The van der Waals surface area contributed by atoms with Crippen molar-refractivity contribution in [3.8, 4) is 5.75 Å². The Hall–Kier alpha value is -2.42. The molecule has 1 aliphatic rings. The highest BCUT2D eigenvalue weighted by molar-refractivity contribution is 7.99. The number of ketones is 1. The monoisotopic (exact) mass is 347 g/mol. The van der Waals surface area contributed by atoms with Crippen LogP contribution < -0.4 is 10.1 Å². The number of aromatic nitrogens is 4. The van der Waals surface area contributed by atoms with Crippen LogP contribution in [0.25, 0.3) is 0 Å². The van der Waals surface area contributed by atoms with Crippen molar-refractivity contribution in [3.63, 3.8) is 0 Å². The fraction of sp³-hybridized carbons (Fsp3) is 0.400. The van der Waals surface area contributed by atoms with Gasteiger partial charge >= 0.3 is 0 Å². The Balaban J connectivity index is 1.71. The minimum absolute atomic E-state index is 0.00833. The lowest BCUT2D eigenvalue weighted by Crippen LogP contribution is -2.25. The predicted octanol–water partition coefficient (Wildman–Crippen LogP) is 1.73. The third kappa shape index (κ3) is 3.40. The number of rotatable bonds is 4. The second-order valence-electron chi connectivity index (χ2n) is 6.30. The summed E-state index contributed by atoms with van der Waals surface area (Å²) in [6.45, 7) is 5.95. The summed E-state index contributed by atoms with van der Waals surface area (Å²) in [5, 5.41) is 14.9. The fourth-order valence-electron chi connectivity index (χ4n) is 2.16. The second-order valence-corrected chi connectivity index (χ2v) is 7.25. The maximum Gasteiger partial charge on any atom is 0.262 e. The molecule has 24 heavy (non-hydrogen) atoms. The Morgan fingerprint density at radius 1 is 1.42 bits per heavy atom. The Bertz CT molecular complexity index is 797. The first-order chi connectivity index (χ1) is 11.3. The Labute approximate surface area is 142 Å². The van der Waals surface area contributed by atoms with Crippen LogP contribution in [0.2, 0.25) is 0 Å². The van der Waals surface area contributed by atoms with Crippen LogP contribution >= 0.6 is 11.8 Å². The third-order valence-corrected chi connectivity index (χ3v) is 4.26. The molecular weight excluding hydrogens is 330 g/mol. The zero-order valence-corrected chi connectivity index (χ0v) is 14.4. The molecule has 0 fully saturated rings. The summed E-state index contributed by atoms with van der Waals surface area (Å²) in [6.07, 6.45) is 0. The number of anilines is 1. The molecule has 0 bridgehead atoms. The number of carbonyl (C=O) groups is 2. The molecule has 0 saturated carbocycles. The number of thioether (sulfide) groups is 1. The first kappa shape index (κ1) is 16.4. The van der Waals surface area contributed by atoms with Crippen LogP contribution in [0.4, 0.5) is 5.69 Å². The van der Waals surface area contributed by atoms with Crippen LogP contribution in [0.3, 0.4) is 0 Å². The van der Waals surface area contributed by atoms with Crippen molar-refractivity contribution in [2.45, 2.75) is 31.5 Å². The number of ether oxygens (including phenoxy) is 1. The Morgan fingerprint density at radius 2 is 2.21 bits per heavy atom. The molecule has 0 unspecified atom stereocenters. The number of amides is 1. The summed E-state index contributed by atoms with van der Waals surface area (Å²) in [5.41, 5.74) is 0.756. The average molecular weight is 347 g/mol. The molecule has 1 aromatic heterocycles. The minimum Gasteiger partial charge on any atom is -0.482 e. The van der Waals surface area contributed by atoms with Gasteiger partial charge in [0.1, 0.15) is 5.75 Å². The number of carbonyl (C=O) groups excluding carboxylic acids is 2. The molecule has 0 spiro atoms. The van der Waals surface area contributed by atoms with Crippen molar-refractivity contribution in [3.05, 3.63) is 23.8 Å². The summed E-state index contributed by atoms with van der Waals surface area (Å²) in [6, 6.07) is 5.00. The smallest absolute Gasteiger partial charge is 0.262 e. The largest absolute Gasteiger partial charge is 0.482 e. The van der Waals surface area contributed by atoms with Gasteiger partial charge < -0.3 is 10.1 Å². The van der Waals surface area contributed by atoms with E-state index < -0.39 is 0 Å². The summed E-state index contributed by atoms with van der Waals surface area (Å²) in [5.74, 6) is 0.455. The van der Waals surface area contributed by atoms with Gasteiger partial charge in [-0.15, -0.1) is 5.10 Å². The van der Waals surface area contributed by atoms with Crippen molar-refractivity contribution in [2.75, 3.05) is 17.7 Å². The van der Waals surface area contributed by atoms with Crippen molar-refractivity contribution < 1.29 is 14.3 Å². The van der Waals surface area contributed by atoms with E-state index in [1.165, 1.54) is 11.8 Å². The molecule has 0 atom stereocenters. The molecular formula is C15H17N5O3S. The van der Waals surface area contributed by atoms with Gasteiger partial charge in [-0.2, -0.15) is 0 Å². The van der Waals surface area contributed by atoms with E-state index >= 15 is 0 Å². The predicted molar refractivity (Wildman–Crippen MR) is 88.4 cm³/mol. The number of nitrogens with zero attached hydrogens (tertiary/aromatic N) is 4. The number of fused-ring (bicyclic) bond motifs is 1. The Kier molecular flexibility index (Phi) is 4.27. The maximum absolute atomic E-state index is 12.4. The number of nitrogens with one attached hydrogen (secondary N) is 1. The van der Waals surface area contributed by atoms with E-state index in [4.69, 9.17) is 4.74 Å². The molecule has 2 heterocycles. The lowest BCUT2D eigenvalue weighted by atomic mass is 10.1. The molecule has 2 aromatic rings. The van der Waals surface area contributed by atoms with Crippen molar-refractivity contribution in [1.82, 2.24) is 20.2 Å². The van der Waals surface area contributed by atoms with Crippen LogP contribution in [0.5, 0.6) is 5.75 Å². The molecule has 0 aliphatic carbocycles. The zero-order valence-electron chi connectivity index (χ0n) is 13.6. The van der Waals surface area contributed by atoms with E-state index in [0.29, 0.717) is 22.2 Å². The Morgan fingerprint density at radius 3 is 2.96 bits per heavy atom. The van der Waals surface area contributed by atoms with Crippen LogP contribution in [0, 0.1) is 0 Å². The quantitative estimate of drug-likeness (QED) is 0.664. The van der Waals surface area contributed by atoms with Gasteiger partial charge in [0, 0.05) is 5.56 Å². The highest BCUT2D eigenvalue weighted by atomic mass is 32.2. The summed E-state index contributed by atoms with van der Waals surface area (Å²) in [4.78, 5) is 23.8. The van der Waals surface area contributed by atoms with E-state index in [9.17, 15) is 9.59 Å². The molecule has 1 aliphatic heterocycles. The minimum atomic E-state index is -0.262. The van der Waals surface area contributed by atoms with Gasteiger partial charge in [0.25, 0.3) is 5.91 Å². The third-order valence-electron chi connectivity index (χ3n) is 3.34. The molecule has 0 saturated heterocycles. The van der Waals surface area contributed by atoms with E-state index in [1.807, 2.05) is 20.8 Å². The lowest BCUT2D eigenvalue weighted by Gasteiger charge is -2.19. The summed E-state index contributed by atoms with van der Waals surface area (Å²) in [7, 11) is 0. The van der Waals surface area contributed by atoms with Crippen LogP contribution in [0.15, 0.2) is 23.4 Å². The number of hydrogen-bond acceptors (Lipinski definition) is 7. The standard InChI is InChI=1S/C15H17N5O3S/c1-15(2,3)20-14(17-18-19-20)24-8-11(21)9-4-5-12-10(6-9)16-13(22)7-23-12/h4-6H,7-8H2,1-3H3,(H,16,22). The molecule has 1 amide bonds. The SMILES string of the molecule is CC(C)(C)n1nnnc1SCC(=O)c1ccc2c(c1)NC(=O)CO2. The topological polar surface area (TPSA) is 99.0 Å². The average Bonchev–Trinajstić information content (AvgIpc) is 3.00. The molecule has 9 heteroatoms. The number of Topliss-reactive ketones (excluding diaryl/α,β-unsaturated/α-hetero) is 1. The first-order valence-corrected chi connectivity index (χ1v) is 8.35. The molecule has 1 N–H and O–H groups in total. The van der Waals surface area contributed by atoms with Gasteiger partial charge in [0.2, 0.25) is 5.16 Å². The van der Waals surface area contributed by atoms with E-state index in [-0.39, 0.29) is 29.6 Å². The molecule has 3 rings (SSSR count). The van der Waals surface area contributed by atoms with E-state index in [0.717, 1.165) is 0 Å². The summed E-state index contributed by atoms with van der Waals surface area (Å²) >= 11 is 1.28. The molecule has 8 nitrogen and oxygen atoms in total. The highest BCUT2D eigenvalue weighted by Gasteiger charge is 2.22. The first-order valence-electron chi connectivity index (χ1n) is 7.36. The van der Waals surface area contributed by atoms with Gasteiger partial charge in [0.15, 0.2) is 12.4 Å². The van der Waals surface area contributed by atoms with E-state index in [2.05, 4.69) is 20.8 Å². The second kappa shape index (κ2) is 6.23. The van der Waals surface area contributed by atoms with Gasteiger partial charge in [-0.3, -0.25) is 9.59 Å². The molecule has 0 radical (unpaired) electrons. The fourth-order valence-corrected chi connectivity index (χ4v) is 3.11. The number of benzene rings is 1. The van der Waals surface area contributed by atoms with Gasteiger partial charge in [-0.25, -0.2) is 4.68 Å². The summed E-state index contributed by atoms with van der Waals surface area (Å²) < 4.78 is 6.97. The van der Waals surface area contributed by atoms with Crippen LogP contribution in [0.1, 0.15) is 31.1 Å². The molecule has 1 aromatic carbocycles. The van der Waals surface area contributed by atoms with Crippen molar-refractivity contribution >= 4 is 29.1 Å².